The summed E-state index contributed by atoms with van der Waals surface area (Å²) < 4.78 is 0. The molecule has 3 nitrogen and oxygen atoms in total. The Bertz CT molecular complexity index is 482. The summed E-state index contributed by atoms with van der Waals surface area (Å²) in [6.45, 7) is 6.67. The van der Waals surface area contributed by atoms with Crippen LogP contribution in [0.4, 0.5) is 0 Å². The zero-order chi connectivity index (χ0) is 14.8. The average Bonchev–Trinajstić information content (AvgIpc) is 2.42. The van der Waals surface area contributed by atoms with Crippen LogP contribution >= 0.6 is 12.4 Å². The van der Waals surface area contributed by atoms with Crippen LogP contribution in [0.25, 0.3) is 0 Å². The van der Waals surface area contributed by atoms with Crippen LogP contribution in [0, 0.1) is 5.41 Å². The van der Waals surface area contributed by atoms with Gasteiger partial charge in [-0.25, -0.2) is 0 Å². The second-order valence-corrected chi connectivity index (χ2v) is 6.88. The van der Waals surface area contributed by atoms with Crippen molar-refractivity contribution in [2.24, 2.45) is 11.1 Å². The second-order valence-electron chi connectivity index (χ2n) is 6.88. The SMILES string of the molecule is CC(C)(C)[C@H](N)C(=O)NCC1CCCc2ccccc21.Cl. The summed E-state index contributed by atoms with van der Waals surface area (Å²) in [7, 11) is 0. The smallest absolute Gasteiger partial charge is 0.237 e. The van der Waals surface area contributed by atoms with Gasteiger partial charge in [0.05, 0.1) is 6.04 Å². The van der Waals surface area contributed by atoms with Crippen LogP contribution < -0.4 is 11.1 Å². The van der Waals surface area contributed by atoms with Crippen molar-refractivity contribution < 1.29 is 4.79 Å². The fraction of sp³-hybridized carbons (Fsp3) is 0.588. The lowest BCUT2D eigenvalue weighted by molar-refractivity contribution is -0.124. The minimum absolute atomic E-state index is 0. The number of amides is 1. The van der Waals surface area contributed by atoms with Crippen molar-refractivity contribution in [3.63, 3.8) is 0 Å². The van der Waals surface area contributed by atoms with E-state index < -0.39 is 6.04 Å². The summed E-state index contributed by atoms with van der Waals surface area (Å²) in [5, 5.41) is 3.04. The molecule has 2 atom stereocenters. The number of fused-ring (bicyclic) bond motifs is 1. The molecule has 1 unspecified atom stereocenters. The first-order chi connectivity index (χ1) is 9.39. The molecule has 0 saturated heterocycles. The zero-order valence-electron chi connectivity index (χ0n) is 13.2. The Morgan fingerprint density at radius 1 is 1.38 bits per heavy atom. The van der Waals surface area contributed by atoms with E-state index in [1.807, 2.05) is 20.8 Å². The molecule has 0 bridgehead atoms. The molecule has 1 aromatic rings. The van der Waals surface area contributed by atoms with Crippen LogP contribution in [-0.4, -0.2) is 18.5 Å². The zero-order valence-corrected chi connectivity index (χ0v) is 14.0. The van der Waals surface area contributed by atoms with Gasteiger partial charge in [-0.05, 0) is 35.8 Å². The minimum atomic E-state index is -0.457. The van der Waals surface area contributed by atoms with Gasteiger partial charge < -0.3 is 11.1 Å². The van der Waals surface area contributed by atoms with E-state index >= 15 is 0 Å². The van der Waals surface area contributed by atoms with E-state index in [9.17, 15) is 4.79 Å². The van der Waals surface area contributed by atoms with Gasteiger partial charge in [-0.2, -0.15) is 0 Å². The molecule has 1 aliphatic carbocycles. The summed E-state index contributed by atoms with van der Waals surface area (Å²) >= 11 is 0. The second kappa shape index (κ2) is 7.28. The molecule has 1 amide bonds. The van der Waals surface area contributed by atoms with Gasteiger partial charge in [-0.15, -0.1) is 12.4 Å². The first kappa shape index (κ1) is 18.0. The molecule has 0 aliphatic heterocycles. The fourth-order valence-corrected chi connectivity index (χ4v) is 2.79. The predicted octanol–water partition coefficient (Wildman–Crippen LogP) is 3.02. The molecular formula is C17H27ClN2O. The highest BCUT2D eigenvalue weighted by Gasteiger charge is 2.28. The first-order valence-corrected chi connectivity index (χ1v) is 7.50. The Morgan fingerprint density at radius 3 is 2.71 bits per heavy atom. The van der Waals surface area contributed by atoms with Crippen LogP contribution in [0.15, 0.2) is 24.3 Å². The molecule has 0 fully saturated rings. The predicted molar refractivity (Wildman–Crippen MR) is 89.8 cm³/mol. The molecule has 118 valence electrons. The fourth-order valence-electron chi connectivity index (χ4n) is 2.79. The number of carbonyl (C=O) groups is 1. The highest BCUT2D eigenvalue weighted by molar-refractivity contribution is 5.85. The number of carbonyl (C=O) groups excluding carboxylic acids is 1. The lowest BCUT2D eigenvalue weighted by atomic mass is 9.82. The maximum absolute atomic E-state index is 12.1. The van der Waals surface area contributed by atoms with E-state index in [1.165, 1.54) is 17.5 Å². The quantitative estimate of drug-likeness (QED) is 0.901. The molecular weight excluding hydrogens is 284 g/mol. The molecule has 0 radical (unpaired) electrons. The number of rotatable bonds is 3. The largest absolute Gasteiger partial charge is 0.354 e. The van der Waals surface area contributed by atoms with Gasteiger partial charge in [-0.1, -0.05) is 45.0 Å². The Labute approximate surface area is 134 Å². The molecule has 1 aliphatic rings. The summed E-state index contributed by atoms with van der Waals surface area (Å²) in [6.07, 6.45) is 3.49. The van der Waals surface area contributed by atoms with Crippen molar-refractivity contribution >= 4 is 18.3 Å². The Kier molecular flexibility index (Phi) is 6.24. The number of hydrogen-bond donors (Lipinski definition) is 2. The maximum atomic E-state index is 12.1. The normalized spacial score (nSPS) is 19.1. The lowest BCUT2D eigenvalue weighted by Gasteiger charge is -2.29. The lowest BCUT2D eigenvalue weighted by Crippen LogP contribution is -2.49. The Hall–Kier alpha value is -1.06. The summed E-state index contributed by atoms with van der Waals surface area (Å²) in [6, 6.07) is 8.11. The minimum Gasteiger partial charge on any atom is -0.354 e. The molecule has 1 aromatic carbocycles. The molecule has 0 spiro atoms. The monoisotopic (exact) mass is 310 g/mol. The van der Waals surface area contributed by atoms with Crippen molar-refractivity contribution in [3.8, 4) is 0 Å². The van der Waals surface area contributed by atoms with Crippen molar-refractivity contribution in [1.82, 2.24) is 5.32 Å². The van der Waals surface area contributed by atoms with Gasteiger partial charge in [0, 0.05) is 12.5 Å². The van der Waals surface area contributed by atoms with Gasteiger partial charge in [0.15, 0.2) is 0 Å². The van der Waals surface area contributed by atoms with E-state index in [4.69, 9.17) is 5.73 Å². The summed E-state index contributed by atoms with van der Waals surface area (Å²) in [5.41, 5.74) is 8.61. The van der Waals surface area contributed by atoms with Crippen LogP contribution in [0.2, 0.25) is 0 Å². The number of nitrogens with one attached hydrogen (secondary N) is 1. The molecule has 0 heterocycles. The molecule has 0 aromatic heterocycles. The van der Waals surface area contributed by atoms with Crippen LogP contribution in [0.3, 0.4) is 0 Å². The topological polar surface area (TPSA) is 55.1 Å². The number of hydrogen-bond acceptors (Lipinski definition) is 2. The number of nitrogens with two attached hydrogens (primary N) is 1. The summed E-state index contributed by atoms with van der Waals surface area (Å²) in [5.74, 6) is 0.386. The Morgan fingerprint density at radius 2 is 2.05 bits per heavy atom. The molecule has 21 heavy (non-hydrogen) atoms. The van der Waals surface area contributed by atoms with Gasteiger partial charge >= 0.3 is 0 Å². The van der Waals surface area contributed by atoms with Crippen molar-refractivity contribution in [2.75, 3.05) is 6.54 Å². The van der Waals surface area contributed by atoms with Crippen LogP contribution in [-0.2, 0) is 11.2 Å². The van der Waals surface area contributed by atoms with E-state index in [0.717, 1.165) is 12.8 Å². The van der Waals surface area contributed by atoms with Crippen molar-refractivity contribution in [2.45, 2.75) is 52.0 Å². The van der Waals surface area contributed by atoms with E-state index in [1.54, 1.807) is 0 Å². The number of halogens is 1. The summed E-state index contributed by atoms with van der Waals surface area (Å²) in [4.78, 5) is 12.1. The van der Waals surface area contributed by atoms with Crippen LogP contribution in [0.1, 0.15) is 50.7 Å². The molecule has 3 N–H and O–H groups in total. The van der Waals surface area contributed by atoms with Gasteiger partial charge in [-0.3, -0.25) is 4.79 Å². The maximum Gasteiger partial charge on any atom is 0.237 e. The standard InChI is InChI=1S/C17H26N2O.ClH/c1-17(2,3)15(18)16(20)19-11-13-9-6-8-12-7-4-5-10-14(12)13;/h4-5,7,10,13,15H,6,8-9,11,18H2,1-3H3,(H,19,20);1H/t13?,15-;/m1./s1. The third kappa shape index (κ3) is 4.45. The highest BCUT2D eigenvalue weighted by Crippen LogP contribution is 2.30. The average molecular weight is 311 g/mol. The van der Waals surface area contributed by atoms with Gasteiger partial charge in [0.1, 0.15) is 0 Å². The molecule has 0 saturated carbocycles. The highest BCUT2D eigenvalue weighted by atomic mass is 35.5. The first-order valence-electron chi connectivity index (χ1n) is 7.50. The third-order valence-electron chi connectivity index (χ3n) is 4.23. The third-order valence-corrected chi connectivity index (χ3v) is 4.23. The number of aryl methyl sites for hydroxylation is 1. The van der Waals surface area contributed by atoms with E-state index in [2.05, 4.69) is 29.6 Å². The van der Waals surface area contributed by atoms with Gasteiger partial charge in [0.25, 0.3) is 0 Å². The van der Waals surface area contributed by atoms with Gasteiger partial charge in [0.2, 0.25) is 5.91 Å². The number of benzene rings is 1. The van der Waals surface area contributed by atoms with E-state index in [0.29, 0.717) is 12.5 Å². The molecule has 4 heteroatoms. The Balaban J connectivity index is 0.00000220. The van der Waals surface area contributed by atoms with Crippen LogP contribution in [0.5, 0.6) is 0 Å². The molecule has 2 rings (SSSR count). The van der Waals surface area contributed by atoms with Crippen molar-refractivity contribution in [3.05, 3.63) is 35.4 Å². The van der Waals surface area contributed by atoms with E-state index in [-0.39, 0.29) is 23.7 Å². The van der Waals surface area contributed by atoms with Crippen molar-refractivity contribution in [1.29, 1.82) is 0 Å².